The molecule has 2 amide bonds. The molecule has 0 spiro atoms. The fourth-order valence-corrected chi connectivity index (χ4v) is 1.75. The van der Waals surface area contributed by atoms with Crippen LogP contribution in [-0.2, 0) is 0 Å². The third-order valence-electron chi connectivity index (χ3n) is 2.57. The lowest BCUT2D eigenvalue weighted by Gasteiger charge is -2.07. The van der Waals surface area contributed by atoms with Gasteiger partial charge in [-0.2, -0.15) is 0 Å². The highest BCUT2D eigenvalue weighted by Gasteiger charge is 2.20. The SMILES string of the molecule is NC(=O)c1ccc(Cl)c(NC(=O)c2nc[nH]c2C(=O)O)c1. The van der Waals surface area contributed by atoms with E-state index in [1.807, 2.05) is 0 Å². The molecule has 9 heteroatoms. The van der Waals surface area contributed by atoms with Crippen LogP contribution in [0, 0.1) is 0 Å². The number of H-pyrrole nitrogens is 1. The van der Waals surface area contributed by atoms with Crippen LogP contribution in [0.25, 0.3) is 0 Å². The van der Waals surface area contributed by atoms with E-state index in [0.29, 0.717) is 0 Å². The number of nitrogens with zero attached hydrogens (tertiary/aromatic N) is 1. The largest absolute Gasteiger partial charge is 0.477 e. The van der Waals surface area contributed by atoms with E-state index < -0.39 is 17.8 Å². The predicted molar refractivity (Wildman–Crippen MR) is 73.5 cm³/mol. The molecule has 1 heterocycles. The van der Waals surface area contributed by atoms with E-state index in [0.717, 1.165) is 6.33 Å². The van der Waals surface area contributed by atoms with E-state index in [1.54, 1.807) is 0 Å². The van der Waals surface area contributed by atoms with Crippen molar-refractivity contribution >= 4 is 35.1 Å². The van der Waals surface area contributed by atoms with Crippen LogP contribution in [0.4, 0.5) is 5.69 Å². The standard InChI is InChI=1S/C12H9ClN4O4/c13-6-2-1-5(10(14)18)3-7(6)17-11(19)8-9(12(20)21)16-4-15-8/h1-4H,(H2,14,18)(H,15,16)(H,17,19)(H,20,21). The molecule has 0 saturated heterocycles. The van der Waals surface area contributed by atoms with Crippen molar-refractivity contribution in [3.05, 3.63) is 46.5 Å². The molecule has 108 valence electrons. The highest BCUT2D eigenvalue weighted by atomic mass is 35.5. The molecule has 21 heavy (non-hydrogen) atoms. The van der Waals surface area contributed by atoms with E-state index in [-0.39, 0.29) is 27.7 Å². The topological polar surface area (TPSA) is 138 Å². The summed E-state index contributed by atoms with van der Waals surface area (Å²) in [6.07, 6.45) is 1.08. The number of halogens is 1. The molecule has 0 saturated carbocycles. The van der Waals surface area contributed by atoms with Gasteiger partial charge in [0.1, 0.15) is 0 Å². The Labute approximate surface area is 122 Å². The number of imidazole rings is 1. The number of hydrogen-bond donors (Lipinski definition) is 4. The lowest BCUT2D eigenvalue weighted by atomic mass is 10.2. The summed E-state index contributed by atoms with van der Waals surface area (Å²) < 4.78 is 0. The number of aromatic nitrogens is 2. The zero-order chi connectivity index (χ0) is 15.6. The van der Waals surface area contributed by atoms with Crippen molar-refractivity contribution in [2.24, 2.45) is 5.73 Å². The van der Waals surface area contributed by atoms with Gasteiger partial charge in [-0.25, -0.2) is 9.78 Å². The maximum absolute atomic E-state index is 12.0. The highest BCUT2D eigenvalue weighted by Crippen LogP contribution is 2.23. The fourth-order valence-electron chi connectivity index (χ4n) is 1.59. The van der Waals surface area contributed by atoms with Gasteiger partial charge in [0, 0.05) is 5.56 Å². The Hall–Kier alpha value is -2.87. The normalized spacial score (nSPS) is 10.1. The molecule has 0 radical (unpaired) electrons. The Morgan fingerprint density at radius 1 is 1.33 bits per heavy atom. The molecule has 0 atom stereocenters. The first-order chi connectivity index (χ1) is 9.90. The summed E-state index contributed by atoms with van der Waals surface area (Å²) in [7, 11) is 0. The number of aromatic amines is 1. The van der Waals surface area contributed by atoms with Crippen molar-refractivity contribution in [2.45, 2.75) is 0 Å². The highest BCUT2D eigenvalue weighted by molar-refractivity contribution is 6.34. The minimum absolute atomic E-state index is 0.123. The Kier molecular flexibility index (Phi) is 3.90. The Balaban J connectivity index is 2.31. The molecule has 0 unspecified atom stereocenters. The van der Waals surface area contributed by atoms with Gasteiger partial charge in [-0.1, -0.05) is 11.6 Å². The van der Waals surface area contributed by atoms with Gasteiger partial charge in [-0.05, 0) is 18.2 Å². The third-order valence-corrected chi connectivity index (χ3v) is 2.90. The molecular weight excluding hydrogens is 300 g/mol. The van der Waals surface area contributed by atoms with Gasteiger partial charge < -0.3 is 21.1 Å². The van der Waals surface area contributed by atoms with Crippen LogP contribution in [0.1, 0.15) is 31.3 Å². The molecule has 0 fully saturated rings. The average molecular weight is 309 g/mol. The van der Waals surface area contributed by atoms with Gasteiger partial charge in [0.15, 0.2) is 11.4 Å². The molecule has 5 N–H and O–H groups in total. The number of rotatable bonds is 4. The second-order valence-corrected chi connectivity index (χ2v) is 4.35. The van der Waals surface area contributed by atoms with Crippen LogP contribution in [0.5, 0.6) is 0 Å². The molecule has 0 aliphatic rings. The van der Waals surface area contributed by atoms with Crippen LogP contribution in [0.3, 0.4) is 0 Å². The number of aromatic carboxylic acids is 1. The number of hydrogen-bond acceptors (Lipinski definition) is 4. The van der Waals surface area contributed by atoms with Gasteiger partial charge >= 0.3 is 5.97 Å². The summed E-state index contributed by atoms with van der Waals surface area (Å²) in [5.74, 6) is -2.79. The van der Waals surface area contributed by atoms with Crippen molar-refractivity contribution in [3.8, 4) is 0 Å². The average Bonchev–Trinajstić information content (AvgIpc) is 2.90. The molecule has 2 rings (SSSR count). The van der Waals surface area contributed by atoms with E-state index in [4.69, 9.17) is 22.4 Å². The van der Waals surface area contributed by atoms with E-state index >= 15 is 0 Å². The number of carboxylic acid groups (broad SMARTS) is 1. The summed E-state index contributed by atoms with van der Waals surface area (Å²) in [6.45, 7) is 0. The monoisotopic (exact) mass is 308 g/mol. The summed E-state index contributed by atoms with van der Waals surface area (Å²) in [5, 5.41) is 11.4. The molecule has 2 aromatic rings. The molecule has 8 nitrogen and oxygen atoms in total. The van der Waals surface area contributed by atoms with E-state index in [1.165, 1.54) is 18.2 Å². The maximum atomic E-state index is 12.0. The summed E-state index contributed by atoms with van der Waals surface area (Å²) >= 11 is 5.90. The van der Waals surface area contributed by atoms with Gasteiger partial charge in [0.25, 0.3) is 5.91 Å². The molecule has 1 aromatic heterocycles. The Morgan fingerprint density at radius 3 is 2.67 bits per heavy atom. The van der Waals surface area contributed by atoms with Crippen LogP contribution in [-0.4, -0.2) is 32.9 Å². The number of carbonyl (C=O) groups excluding carboxylic acids is 2. The van der Waals surface area contributed by atoms with Gasteiger partial charge in [-0.15, -0.1) is 0 Å². The predicted octanol–water partition coefficient (Wildman–Crippen LogP) is 1.11. The quantitative estimate of drug-likeness (QED) is 0.670. The lowest BCUT2D eigenvalue weighted by molar-refractivity contribution is 0.0686. The molecule has 0 bridgehead atoms. The number of nitrogens with two attached hydrogens (primary N) is 1. The Bertz CT molecular complexity index is 741. The zero-order valence-electron chi connectivity index (χ0n) is 10.4. The molecular formula is C12H9ClN4O4. The number of carboxylic acids is 1. The number of carbonyl (C=O) groups is 3. The second kappa shape index (κ2) is 5.63. The number of primary amides is 1. The summed E-state index contributed by atoms with van der Waals surface area (Å²) in [6, 6.07) is 4.08. The molecule has 0 aliphatic heterocycles. The van der Waals surface area contributed by atoms with Crippen molar-refractivity contribution in [2.75, 3.05) is 5.32 Å². The van der Waals surface area contributed by atoms with Gasteiger partial charge in [-0.3, -0.25) is 9.59 Å². The summed E-state index contributed by atoms with van der Waals surface area (Å²) in [5.41, 5.74) is 4.75. The van der Waals surface area contributed by atoms with Crippen LogP contribution in [0.2, 0.25) is 5.02 Å². The van der Waals surface area contributed by atoms with Gasteiger partial charge in [0.05, 0.1) is 17.0 Å². The van der Waals surface area contributed by atoms with E-state index in [2.05, 4.69) is 15.3 Å². The van der Waals surface area contributed by atoms with Crippen molar-refractivity contribution in [1.29, 1.82) is 0 Å². The number of anilines is 1. The fraction of sp³-hybridized carbons (Fsp3) is 0. The smallest absolute Gasteiger partial charge is 0.354 e. The Morgan fingerprint density at radius 2 is 2.05 bits per heavy atom. The first kappa shape index (κ1) is 14.5. The first-order valence-electron chi connectivity index (χ1n) is 5.57. The van der Waals surface area contributed by atoms with Crippen molar-refractivity contribution in [1.82, 2.24) is 9.97 Å². The van der Waals surface area contributed by atoms with Crippen LogP contribution >= 0.6 is 11.6 Å². The minimum Gasteiger partial charge on any atom is -0.477 e. The lowest BCUT2D eigenvalue weighted by Crippen LogP contribution is -2.17. The molecule has 0 aliphatic carbocycles. The zero-order valence-corrected chi connectivity index (χ0v) is 11.1. The molecule has 1 aromatic carbocycles. The van der Waals surface area contributed by atoms with Gasteiger partial charge in [0.2, 0.25) is 5.91 Å². The number of benzene rings is 1. The van der Waals surface area contributed by atoms with Crippen molar-refractivity contribution in [3.63, 3.8) is 0 Å². The second-order valence-electron chi connectivity index (χ2n) is 3.94. The number of amides is 2. The third kappa shape index (κ3) is 3.00. The maximum Gasteiger partial charge on any atom is 0.354 e. The number of nitrogens with one attached hydrogen (secondary N) is 2. The van der Waals surface area contributed by atoms with Crippen LogP contribution in [0.15, 0.2) is 24.5 Å². The van der Waals surface area contributed by atoms with Crippen LogP contribution < -0.4 is 11.1 Å². The minimum atomic E-state index is -1.32. The van der Waals surface area contributed by atoms with Crippen molar-refractivity contribution < 1.29 is 19.5 Å². The first-order valence-corrected chi connectivity index (χ1v) is 5.95. The summed E-state index contributed by atoms with van der Waals surface area (Å²) in [4.78, 5) is 40.0. The van der Waals surface area contributed by atoms with E-state index in [9.17, 15) is 14.4 Å².